The molecule has 4 rings (SSSR count). The number of hydrogen-bond acceptors (Lipinski definition) is 7. The van der Waals surface area contributed by atoms with Gasteiger partial charge in [0.05, 0.1) is 19.3 Å². The summed E-state index contributed by atoms with van der Waals surface area (Å²) in [5.41, 5.74) is 1.28. The Morgan fingerprint density at radius 3 is 2.23 bits per heavy atom. The maximum Gasteiger partial charge on any atom is 0.303 e. The van der Waals surface area contributed by atoms with Crippen LogP contribution in [0.1, 0.15) is 51.5 Å². The maximum absolute atomic E-state index is 13.0. The number of fused-ring (bicyclic) bond motifs is 1. The molecule has 0 aliphatic carbocycles. The van der Waals surface area contributed by atoms with Crippen molar-refractivity contribution in [2.45, 2.75) is 77.5 Å². The van der Waals surface area contributed by atoms with E-state index < -0.39 is 48.2 Å². The molecule has 35 heavy (non-hydrogen) atoms. The van der Waals surface area contributed by atoms with Gasteiger partial charge < -0.3 is 23.7 Å². The van der Waals surface area contributed by atoms with Crippen LogP contribution >= 0.6 is 0 Å². The number of ether oxygens (including phenoxy) is 5. The number of carbonyl (C=O) groups excluding carboxylic acids is 2. The molecule has 2 aliphatic heterocycles. The van der Waals surface area contributed by atoms with Gasteiger partial charge in [-0.1, -0.05) is 81.4 Å². The Labute approximate surface area is 206 Å². The van der Waals surface area contributed by atoms with Gasteiger partial charge >= 0.3 is 5.97 Å². The van der Waals surface area contributed by atoms with Crippen molar-refractivity contribution < 1.29 is 33.3 Å². The lowest BCUT2D eigenvalue weighted by Gasteiger charge is -2.49. The number of hydrogen-bond donors (Lipinski definition) is 0. The fourth-order valence-electron chi connectivity index (χ4n) is 4.39. The van der Waals surface area contributed by atoms with Crippen molar-refractivity contribution in [3.63, 3.8) is 0 Å². The molecule has 2 heterocycles. The van der Waals surface area contributed by atoms with E-state index in [0.29, 0.717) is 0 Å². The quantitative estimate of drug-likeness (QED) is 0.542. The van der Waals surface area contributed by atoms with E-state index in [9.17, 15) is 9.59 Å². The maximum atomic E-state index is 13.0. The third-order valence-electron chi connectivity index (χ3n) is 6.30. The molecule has 0 aromatic heterocycles. The van der Waals surface area contributed by atoms with Gasteiger partial charge in [-0.3, -0.25) is 9.59 Å². The Balaban J connectivity index is 1.61. The molecule has 7 nitrogen and oxygen atoms in total. The van der Waals surface area contributed by atoms with Crippen molar-refractivity contribution in [2.24, 2.45) is 5.41 Å². The van der Waals surface area contributed by atoms with Gasteiger partial charge in [-0.25, -0.2) is 0 Å². The minimum absolute atomic E-state index is 0.0376. The first-order valence-corrected chi connectivity index (χ1v) is 12.1. The third kappa shape index (κ3) is 6.35. The van der Waals surface area contributed by atoms with Crippen molar-refractivity contribution in [3.05, 3.63) is 71.8 Å². The van der Waals surface area contributed by atoms with E-state index in [0.717, 1.165) is 11.1 Å². The summed E-state index contributed by atoms with van der Waals surface area (Å²) in [6.07, 6.45) is -3.68. The van der Waals surface area contributed by atoms with E-state index in [-0.39, 0.29) is 25.4 Å². The molecule has 188 valence electrons. The zero-order valence-corrected chi connectivity index (χ0v) is 20.7. The zero-order valence-electron chi connectivity index (χ0n) is 20.7. The second-order valence-corrected chi connectivity index (χ2v) is 10.1. The van der Waals surface area contributed by atoms with E-state index >= 15 is 0 Å². The Morgan fingerprint density at radius 1 is 0.943 bits per heavy atom. The minimum Gasteiger partial charge on any atom is -0.457 e. The summed E-state index contributed by atoms with van der Waals surface area (Å²) in [6, 6.07) is 19.3. The van der Waals surface area contributed by atoms with E-state index in [1.807, 2.05) is 81.4 Å². The molecule has 2 aromatic carbocycles. The van der Waals surface area contributed by atoms with Crippen LogP contribution < -0.4 is 0 Å². The van der Waals surface area contributed by atoms with Gasteiger partial charge in [0, 0.05) is 24.3 Å². The summed E-state index contributed by atoms with van der Waals surface area (Å²) in [6.45, 7) is 7.52. The second-order valence-electron chi connectivity index (χ2n) is 10.1. The van der Waals surface area contributed by atoms with Gasteiger partial charge in [-0.15, -0.1) is 0 Å². The molecule has 2 aromatic rings. The van der Waals surface area contributed by atoms with Crippen LogP contribution in [0.4, 0.5) is 0 Å². The summed E-state index contributed by atoms with van der Waals surface area (Å²) in [4.78, 5) is 25.1. The summed E-state index contributed by atoms with van der Waals surface area (Å²) in [7, 11) is 0. The lowest BCUT2D eigenvalue weighted by atomic mass is 9.84. The molecular weight excluding hydrogens is 448 g/mol. The Morgan fingerprint density at radius 2 is 1.60 bits per heavy atom. The van der Waals surface area contributed by atoms with Gasteiger partial charge in [0.15, 0.2) is 12.4 Å². The first kappa shape index (κ1) is 25.5. The third-order valence-corrected chi connectivity index (χ3v) is 6.30. The minimum atomic E-state index is -0.761. The van der Waals surface area contributed by atoms with Crippen molar-refractivity contribution >= 4 is 11.8 Å². The van der Waals surface area contributed by atoms with Crippen molar-refractivity contribution in [1.82, 2.24) is 0 Å². The predicted octanol–water partition coefficient (Wildman–Crippen LogP) is 4.39. The average Bonchev–Trinajstić information content (AvgIpc) is 2.83. The smallest absolute Gasteiger partial charge is 0.303 e. The Bertz CT molecular complexity index is 985. The lowest BCUT2D eigenvalue weighted by molar-refractivity contribution is -0.334. The number of esters is 1. The van der Waals surface area contributed by atoms with Gasteiger partial charge in [-0.2, -0.15) is 0 Å². The molecule has 0 saturated carbocycles. The number of benzene rings is 2. The molecule has 2 fully saturated rings. The van der Waals surface area contributed by atoms with Gasteiger partial charge in [-0.05, 0) is 5.56 Å². The van der Waals surface area contributed by atoms with Crippen LogP contribution in [-0.4, -0.2) is 48.9 Å². The average molecular weight is 483 g/mol. The lowest BCUT2D eigenvalue weighted by Crippen LogP contribution is -2.63. The molecule has 0 spiro atoms. The Kier molecular flexibility index (Phi) is 8.02. The first-order valence-electron chi connectivity index (χ1n) is 12.1. The van der Waals surface area contributed by atoms with Gasteiger partial charge in [0.2, 0.25) is 0 Å². The van der Waals surface area contributed by atoms with Gasteiger partial charge in [0.1, 0.15) is 24.1 Å². The molecular formula is C28H34O7. The number of carbonyl (C=O) groups is 2. The van der Waals surface area contributed by atoms with Crippen LogP contribution in [0.15, 0.2) is 60.7 Å². The molecule has 0 N–H and O–H groups in total. The van der Waals surface area contributed by atoms with Crippen LogP contribution in [0.3, 0.4) is 0 Å². The van der Waals surface area contributed by atoms with E-state index in [1.165, 1.54) is 6.92 Å². The molecule has 0 bridgehead atoms. The topological polar surface area (TPSA) is 80.3 Å². The molecule has 7 heteroatoms. The van der Waals surface area contributed by atoms with E-state index in [1.54, 1.807) is 0 Å². The number of rotatable bonds is 7. The van der Waals surface area contributed by atoms with Crippen LogP contribution in [0.5, 0.6) is 0 Å². The summed E-state index contributed by atoms with van der Waals surface area (Å²) in [5, 5.41) is 0. The monoisotopic (exact) mass is 482 g/mol. The highest BCUT2D eigenvalue weighted by Crippen LogP contribution is 2.38. The molecule has 2 aliphatic rings. The SMILES string of the molecule is CC(=O)O[C@@H]1[C@H](OCc2ccccc2)[C@@H](CC(=O)C(C)(C)C)O[C@@H]2CO[C@@H](c3ccccc3)O[C@@H]12. The standard InChI is InChI=1S/C28H34O7/c1-18(29)33-26-24(31-16-19-11-7-5-8-12-19)21(15-23(30)28(2,3)4)34-22-17-32-27(35-25(22)26)20-13-9-6-10-14-20/h5-14,21-22,24-27H,15-17H2,1-4H3/t21-,22-,24-,25-,26-,27-/m1/s1. The van der Waals surface area contributed by atoms with Crippen molar-refractivity contribution in [1.29, 1.82) is 0 Å². The van der Waals surface area contributed by atoms with Crippen molar-refractivity contribution in [2.75, 3.05) is 6.61 Å². The molecule has 2 saturated heterocycles. The normalized spacial score (nSPS) is 28.7. The number of ketones is 1. The van der Waals surface area contributed by atoms with Crippen LogP contribution in [-0.2, 0) is 39.9 Å². The molecule has 6 atom stereocenters. The molecule has 0 unspecified atom stereocenters. The van der Waals surface area contributed by atoms with Gasteiger partial charge in [0.25, 0.3) is 0 Å². The second kappa shape index (κ2) is 11.0. The summed E-state index contributed by atoms with van der Waals surface area (Å²) >= 11 is 0. The molecule has 0 radical (unpaired) electrons. The largest absolute Gasteiger partial charge is 0.457 e. The zero-order chi connectivity index (χ0) is 25.0. The highest BCUT2D eigenvalue weighted by atomic mass is 16.7. The Hall–Kier alpha value is -2.58. The molecule has 0 amide bonds. The fourth-order valence-corrected chi connectivity index (χ4v) is 4.39. The van der Waals surface area contributed by atoms with Crippen LogP contribution in [0.2, 0.25) is 0 Å². The number of Topliss-reactive ketones (excluding diaryl/α,β-unsaturated/α-hetero) is 1. The van der Waals surface area contributed by atoms with E-state index in [4.69, 9.17) is 23.7 Å². The highest BCUT2D eigenvalue weighted by molar-refractivity contribution is 5.84. The van der Waals surface area contributed by atoms with Crippen molar-refractivity contribution in [3.8, 4) is 0 Å². The summed E-state index contributed by atoms with van der Waals surface area (Å²) in [5.74, 6) is -0.410. The van der Waals surface area contributed by atoms with Crippen LogP contribution in [0, 0.1) is 5.41 Å². The predicted molar refractivity (Wildman–Crippen MR) is 128 cm³/mol. The first-order chi connectivity index (χ1) is 16.7. The fraction of sp³-hybridized carbons (Fsp3) is 0.500. The highest BCUT2D eigenvalue weighted by Gasteiger charge is 2.53. The van der Waals surface area contributed by atoms with Crippen LogP contribution in [0.25, 0.3) is 0 Å². The van der Waals surface area contributed by atoms with E-state index in [2.05, 4.69) is 0 Å². The summed E-state index contributed by atoms with van der Waals surface area (Å²) < 4.78 is 30.8.